The third-order valence-corrected chi connectivity index (χ3v) is 3.10. The first-order valence-corrected chi connectivity index (χ1v) is 5.84. The highest BCUT2D eigenvalue weighted by Gasteiger charge is 2.09. The molecular formula is C16H12O2. The van der Waals surface area contributed by atoms with Gasteiger partial charge in [-0.15, -0.1) is 6.58 Å². The van der Waals surface area contributed by atoms with Gasteiger partial charge >= 0.3 is 0 Å². The molecule has 0 unspecified atom stereocenters. The molecule has 0 aliphatic heterocycles. The van der Waals surface area contributed by atoms with Crippen LogP contribution in [0.1, 0.15) is 5.56 Å². The summed E-state index contributed by atoms with van der Waals surface area (Å²) in [5, 5.41) is 2.65. The van der Waals surface area contributed by atoms with E-state index in [0.29, 0.717) is 23.0 Å². The van der Waals surface area contributed by atoms with Crippen LogP contribution >= 0.6 is 0 Å². The summed E-state index contributed by atoms with van der Waals surface area (Å²) in [6.07, 6.45) is 3.77. The second-order valence-corrected chi connectivity index (χ2v) is 4.24. The largest absolute Gasteiger partial charge is 0.464 e. The van der Waals surface area contributed by atoms with Crippen LogP contribution in [0.25, 0.3) is 21.7 Å². The third kappa shape index (κ3) is 1.54. The van der Waals surface area contributed by atoms with Gasteiger partial charge in [0.2, 0.25) is 0 Å². The molecule has 0 aliphatic rings. The number of hydrogen-bond acceptors (Lipinski definition) is 2. The number of benzene rings is 2. The van der Waals surface area contributed by atoms with E-state index < -0.39 is 0 Å². The van der Waals surface area contributed by atoms with Gasteiger partial charge in [-0.2, -0.15) is 0 Å². The molecule has 0 N–H and O–H groups in total. The second-order valence-electron chi connectivity index (χ2n) is 4.24. The van der Waals surface area contributed by atoms with Crippen LogP contribution in [0.5, 0.6) is 0 Å². The summed E-state index contributed by atoms with van der Waals surface area (Å²) in [5.74, 6) is 0. The average Bonchev–Trinajstić information content (AvgIpc) is 2.41. The van der Waals surface area contributed by atoms with Crippen LogP contribution in [0.3, 0.4) is 0 Å². The molecule has 0 aliphatic carbocycles. The molecule has 2 nitrogen and oxygen atoms in total. The molecule has 0 atom stereocenters. The third-order valence-electron chi connectivity index (χ3n) is 3.10. The second kappa shape index (κ2) is 4.15. The van der Waals surface area contributed by atoms with Gasteiger partial charge in [-0.25, -0.2) is 0 Å². The maximum Gasteiger partial charge on any atom is 0.196 e. The minimum absolute atomic E-state index is 0.0351. The molecule has 0 bridgehead atoms. The van der Waals surface area contributed by atoms with Crippen molar-refractivity contribution in [1.82, 2.24) is 0 Å². The molecule has 2 aromatic carbocycles. The molecule has 3 aromatic rings. The van der Waals surface area contributed by atoms with Crippen molar-refractivity contribution in [2.45, 2.75) is 6.42 Å². The van der Waals surface area contributed by atoms with Crippen molar-refractivity contribution in [2.75, 3.05) is 0 Å². The molecule has 0 saturated heterocycles. The lowest BCUT2D eigenvalue weighted by Crippen LogP contribution is -2.08. The van der Waals surface area contributed by atoms with Crippen LogP contribution in [0.2, 0.25) is 0 Å². The first kappa shape index (κ1) is 10.8. The Kier molecular flexibility index (Phi) is 2.49. The molecular weight excluding hydrogens is 224 g/mol. The van der Waals surface area contributed by atoms with E-state index in [1.807, 2.05) is 36.4 Å². The van der Waals surface area contributed by atoms with Crippen molar-refractivity contribution >= 4 is 21.7 Å². The SMILES string of the molecule is C=CCc1coc2ccc3ccccc3c2c1=O. The van der Waals surface area contributed by atoms with Gasteiger partial charge in [0.15, 0.2) is 5.43 Å². The van der Waals surface area contributed by atoms with Gasteiger partial charge in [-0.05, 0) is 23.3 Å². The van der Waals surface area contributed by atoms with Gasteiger partial charge in [-0.1, -0.05) is 36.4 Å². The molecule has 18 heavy (non-hydrogen) atoms. The van der Waals surface area contributed by atoms with Crippen molar-refractivity contribution in [1.29, 1.82) is 0 Å². The molecule has 1 aromatic heterocycles. The monoisotopic (exact) mass is 236 g/mol. The predicted molar refractivity (Wildman–Crippen MR) is 73.9 cm³/mol. The lowest BCUT2D eigenvalue weighted by molar-refractivity contribution is 0.595. The number of rotatable bonds is 2. The molecule has 0 spiro atoms. The molecule has 0 saturated carbocycles. The Morgan fingerprint density at radius 3 is 2.83 bits per heavy atom. The Morgan fingerprint density at radius 2 is 2.00 bits per heavy atom. The van der Waals surface area contributed by atoms with Crippen molar-refractivity contribution < 1.29 is 4.42 Å². The summed E-state index contributed by atoms with van der Waals surface area (Å²) < 4.78 is 5.54. The Bertz CT molecular complexity index is 797. The Labute approximate surface area is 104 Å². The van der Waals surface area contributed by atoms with Crippen molar-refractivity contribution in [3.8, 4) is 0 Å². The summed E-state index contributed by atoms with van der Waals surface area (Å²) in [4.78, 5) is 12.4. The predicted octanol–water partition coefficient (Wildman–Crippen LogP) is 3.67. The Balaban J connectivity index is 2.51. The van der Waals surface area contributed by atoms with E-state index in [1.165, 1.54) is 6.26 Å². The maximum atomic E-state index is 12.4. The normalized spacial score (nSPS) is 10.9. The molecule has 2 heteroatoms. The number of fused-ring (bicyclic) bond motifs is 3. The van der Waals surface area contributed by atoms with Gasteiger partial charge in [0.25, 0.3) is 0 Å². The van der Waals surface area contributed by atoms with Gasteiger partial charge in [0, 0.05) is 5.56 Å². The summed E-state index contributed by atoms with van der Waals surface area (Å²) in [5.41, 5.74) is 1.31. The fraction of sp³-hybridized carbons (Fsp3) is 0.0625. The zero-order chi connectivity index (χ0) is 12.5. The maximum absolute atomic E-state index is 12.4. The van der Waals surface area contributed by atoms with E-state index in [1.54, 1.807) is 6.08 Å². The van der Waals surface area contributed by atoms with E-state index >= 15 is 0 Å². The molecule has 1 heterocycles. The molecule has 0 fully saturated rings. The lowest BCUT2D eigenvalue weighted by atomic mass is 10.0. The first-order valence-electron chi connectivity index (χ1n) is 5.84. The fourth-order valence-corrected chi connectivity index (χ4v) is 2.23. The quantitative estimate of drug-likeness (QED) is 0.502. The van der Waals surface area contributed by atoms with Crippen molar-refractivity contribution in [3.05, 3.63) is 71.1 Å². The zero-order valence-electron chi connectivity index (χ0n) is 9.85. The smallest absolute Gasteiger partial charge is 0.196 e. The summed E-state index contributed by atoms with van der Waals surface area (Å²) in [7, 11) is 0. The van der Waals surface area contributed by atoms with E-state index in [4.69, 9.17) is 4.42 Å². The molecule has 0 radical (unpaired) electrons. The van der Waals surface area contributed by atoms with E-state index in [2.05, 4.69) is 6.58 Å². The fourth-order valence-electron chi connectivity index (χ4n) is 2.23. The minimum Gasteiger partial charge on any atom is -0.464 e. The Hall–Kier alpha value is -2.35. The van der Waals surface area contributed by atoms with Gasteiger partial charge in [-0.3, -0.25) is 4.79 Å². The standard InChI is InChI=1S/C16H12O2/c1-2-5-12-10-18-14-9-8-11-6-3-4-7-13(11)15(14)16(12)17/h2-4,6-10H,1,5H2. The zero-order valence-corrected chi connectivity index (χ0v) is 9.85. The summed E-state index contributed by atoms with van der Waals surface area (Å²) in [6.45, 7) is 3.66. The van der Waals surface area contributed by atoms with Gasteiger partial charge in [0.1, 0.15) is 5.58 Å². The van der Waals surface area contributed by atoms with Crippen molar-refractivity contribution in [3.63, 3.8) is 0 Å². The van der Waals surface area contributed by atoms with Crippen molar-refractivity contribution in [2.24, 2.45) is 0 Å². The summed E-state index contributed by atoms with van der Waals surface area (Å²) >= 11 is 0. The van der Waals surface area contributed by atoms with Crippen LogP contribution in [-0.4, -0.2) is 0 Å². The minimum atomic E-state index is 0.0351. The van der Waals surface area contributed by atoms with Crippen LogP contribution in [0.15, 0.2) is 64.5 Å². The van der Waals surface area contributed by atoms with E-state index in [-0.39, 0.29) is 5.43 Å². The summed E-state index contributed by atoms with van der Waals surface area (Å²) in [6, 6.07) is 11.6. The van der Waals surface area contributed by atoms with Crippen LogP contribution in [-0.2, 0) is 6.42 Å². The lowest BCUT2D eigenvalue weighted by Gasteiger charge is -2.04. The highest BCUT2D eigenvalue weighted by atomic mass is 16.3. The highest BCUT2D eigenvalue weighted by Crippen LogP contribution is 2.23. The topological polar surface area (TPSA) is 30.2 Å². The number of allylic oxidation sites excluding steroid dienone is 1. The highest BCUT2D eigenvalue weighted by molar-refractivity contribution is 6.05. The van der Waals surface area contributed by atoms with Crippen LogP contribution in [0.4, 0.5) is 0 Å². The first-order chi connectivity index (χ1) is 8.81. The molecule has 88 valence electrons. The molecule has 3 rings (SSSR count). The molecule has 0 amide bonds. The van der Waals surface area contributed by atoms with E-state index in [9.17, 15) is 4.79 Å². The van der Waals surface area contributed by atoms with Crippen LogP contribution in [0, 0.1) is 0 Å². The van der Waals surface area contributed by atoms with Gasteiger partial charge in [0.05, 0.1) is 11.6 Å². The Morgan fingerprint density at radius 1 is 1.17 bits per heavy atom. The average molecular weight is 236 g/mol. The van der Waals surface area contributed by atoms with E-state index in [0.717, 1.165) is 10.8 Å². The number of hydrogen-bond donors (Lipinski definition) is 0. The van der Waals surface area contributed by atoms with Gasteiger partial charge < -0.3 is 4.42 Å². The van der Waals surface area contributed by atoms with Crippen LogP contribution < -0.4 is 5.43 Å².